The Hall–Kier alpha value is -1.42. The molecule has 2 rings (SSSR count). The minimum absolute atomic E-state index is 0.393. The van der Waals surface area contributed by atoms with Gasteiger partial charge < -0.3 is 9.30 Å². The Balaban J connectivity index is 0.000000861. The first-order valence-electron chi connectivity index (χ1n) is 6.95. The summed E-state index contributed by atoms with van der Waals surface area (Å²) in [7, 11) is 1.72. The van der Waals surface area contributed by atoms with Crippen LogP contribution in [0.15, 0.2) is 12.4 Å². The Labute approximate surface area is 115 Å². The molecule has 0 unspecified atom stereocenters. The molecule has 0 bridgehead atoms. The number of hydrogen-bond acceptors (Lipinski definition) is 3. The van der Waals surface area contributed by atoms with Crippen molar-refractivity contribution >= 4 is 11.2 Å². The molecule has 0 radical (unpaired) electrons. The predicted molar refractivity (Wildman–Crippen MR) is 79.6 cm³/mol. The molecular formula is C15H25N3O. The van der Waals surface area contributed by atoms with E-state index in [2.05, 4.69) is 34.6 Å². The van der Waals surface area contributed by atoms with E-state index in [1.165, 1.54) is 5.56 Å². The Kier molecular flexibility index (Phi) is 5.96. The molecule has 0 amide bonds. The molecular weight excluding hydrogens is 238 g/mol. The fourth-order valence-electron chi connectivity index (χ4n) is 1.95. The van der Waals surface area contributed by atoms with Gasteiger partial charge >= 0.3 is 0 Å². The summed E-state index contributed by atoms with van der Waals surface area (Å²) in [4.78, 5) is 9.08. The van der Waals surface area contributed by atoms with Crippen LogP contribution in [0, 0.1) is 6.92 Å². The maximum atomic E-state index is 5.13. The number of fused-ring (bicyclic) bond motifs is 1. The van der Waals surface area contributed by atoms with E-state index in [1.807, 2.05) is 27.0 Å². The molecule has 0 spiro atoms. The van der Waals surface area contributed by atoms with E-state index in [9.17, 15) is 0 Å². The van der Waals surface area contributed by atoms with Crippen molar-refractivity contribution in [3.05, 3.63) is 23.7 Å². The first kappa shape index (κ1) is 15.6. The lowest BCUT2D eigenvalue weighted by Crippen LogP contribution is -2.00. The third kappa shape index (κ3) is 3.53. The number of nitrogens with zero attached hydrogens (tertiary/aromatic N) is 3. The number of aryl methyl sites for hydroxylation is 1. The maximum Gasteiger partial charge on any atom is 0.159 e. The van der Waals surface area contributed by atoms with Crippen LogP contribution in [0.5, 0.6) is 0 Å². The highest BCUT2D eigenvalue weighted by molar-refractivity contribution is 5.76. The SMILES string of the molecule is CC.COCCc1cn(C(C)C)c2nc(C)cnc12. The van der Waals surface area contributed by atoms with Crippen LogP contribution >= 0.6 is 0 Å². The van der Waals surface area contributed by atoms with Crippen molar-refractivity contribution in [2.45, 2.75) is 47.1 Å². The number of aromatic nitrogens is 3. The van der Waals surface area contributed by atoms with Crippen molar-refractivity contribution < 1.29 is 4.74 Å². The van der Waals surface area contributed by atoms with Gasteiger partial charge in [0.2, 0.25) is 0 Å². The normalized spacial score (nSPS) is 10.7. The molecule has 2 aromatic heterocycles. The van der Waals surface area contributed by atoms with Gasteiger partial charge in [-0.15, -0.1) is 0 Å². The molecule has 19 heavy (non-hydrogen) atoms. The van der Waals surface area contributed by atoms with Crippen LogP contribution in [0.2, 0.25) is 0 Å². The highest BCUT2D eigenvalue weighted by atomic mass is 16.5. The second kappa shape index (κ2) is 7.24. The fourth-order valence-corrected chi connectivity index (χ4v) is 1.95. The number of rotatable bonds is 4. The molecule has 0 aliphatic heterocycles. The molecule has 4 heteroatoms. The predicted octanol–water partition coefficient (Wildman–Crippen LogP) is 3.54. The zero-order chi connectivity index (χ0) is 14.4. The molecule has 4 nitrogen and oxygen atoms in total. The molecule has 0 saturated heterocycles. The smallest absolute Gasteiger partial charge is 0.159 e. The summed E-state index contributed by atoms with van der Waals surface area (Å²) in [5, 5.41) is 0. The summed E-state index contributed by atoms with van der Waals surface area (Å²) >= 11 is 0. The van der Waals surface area contributed by atoms with Gasteiger partial charge in [0.15, 0.2) is 5.65 Å². The lowest BCUT2D eigenvalue weighted by molar-refractivity contribution is 0.202. The number of methoxy groups -OCH3 is 1. The van der Waals surface area contributed by atoms with Gasteiger partial charge in [-0.1, -0.05) is 13.8 Å². The standard InChI is InChI=1S/C13H19N3O.C2H6/c1-9(2)16-8-11(5-6-17-4)12-13(16)15-10(3)7-14-12;1-2/h7-9H,5-6H2,1-4H3;1-2H3. The van der Waals surface area contributed by atoms with E-state index in [-0.39, 0.29) is 0 Å². The molecule has 2 aromatic rings. The summed E-state index contributed by atoms with van der Waals surface area (Å²) in [6.07, 6.45) is 4.85. The van der Waals surface area contributed by atoms with Gasteiger partial charge in [0.25, 0.3) is 0 Å². The maximum absolute atomic E-state index is 5.13. The van der Waals surface area contributed by atoms with Gasteiger partial charge in [0.05, 0.1) is 12.3 Å². The minimum Gasteiger partial charge on any atom is -0.384 e. The van der Waals surface area contributed by atoms with Crippen molar-refractivity contribution in [1.29, 1.82) is 0 Å². The Morgan fingerprint density at radius 1 is 1.32 bits per heavy atom. The second-order valence-electron chi connectivity index (χ2n) is 4.58. The van der Waals surface area contributed by atoms with Crippen LogP contribution in [-0.2, 0) is 11.2 Å². The van der Waals surface area contributed by atoms with E-state index in [1.54, 1.807) is 7.11 Å². The fraction of sp³-hybridized carbons (Fsp3) is 0.600. The van der Waals surface area contributed by atoms with Crippen molar-refractivity contribution in [3.63, 3.8) is 0 Å². The van der Waals surface area contributed by atoms with Gasteiger partial charge in [-0.05, 0) is 27.2 Å². The quantitative estimate of drug-likeness (QED) is 0.847. The van der Waals surface area contributed by atoms with Crippen molar-refractivity contribution in [2.75, 3.05) is 13.7 Å². The van der Waals surface area contributed by atoms with Crippen molar-refractivity contribution in [1.82, 2.24) is 14.5 Å². The summed E-state index contributed by atoms with van der Waals surface area (Å²) in [5.41, 5.74) is 4.14. The van der Waals surface area contributed by atoms with Gasteiger partial charge in [0, 0.05) is 31.1 Å². The zero-order valence-electron chi connectivity index (χ0n) is 12.9. The summed E-state index contributed by atoms with van der Waals surface area (Å²) in [5.74, 6) is 0. The minimum atomic E-state index is 0.393. The molecule has 2 heterocycles. The largest absolute Gasteiger partial charge is 0.384 e. The van der Waals surface area contributed by atoms with E-state index < -0.39 is 0 Å². The van der Waals surface area contributed by atoms with Crippen LogP contribution in [-0.4, -0.2) is 28.3 Å². The molecule has 0 aromatic carbocycles. The van der Waals surface area contributed by atoms with Crippen molar-refractivity contribution in [2.24, 2.45) is 0 Å². The van der Waals surface area contributed by atoms with Crippen LogP contribution in [0.3, 0.4) is 0 Å². The number of hydrogen-bond donors (Lipinski definition) is 0. The van der Waals surface area contributed by atoms with Gasteiger partial charge in [-0.3, -0.25) is 4.98 Å². The summed E-state index contributed by atoms with van der Waals surface area (Å²) < 4.78 is 7.31. The Bertz CT molecular complexity index is 517. The highest BCUT2D eigenvalue weighted by Gasteiger charge is 2.12. The van der Waals surface area contributed by atoms with E-state index in [0.717, 1.165) is 23.3 Å². The molecule has 0 aliphatic rings. The van der Waals surface area contributed by atoms with E-state index >= 15 is 0 Å². The van der Waals surface area contributed by atoms with Gasteiger partial charge in [-0.25, -0.2) is 4.98 Å². The van der Waals surface area contributed by atoms with E-state index in [0.29, 0.717) is 12.6 Å². The lowest BCUT2D eigenvalue weighted by Gasteiger charge is -2.07. The monoisotopic (exact) mass is 263 g/mol. The average molecular weight is 263 g/mol. The van der Waals surface area contributed by atoms with Crippen molar-refractivity contribution in [3.8, 4) is 0 Å². The van der Waals surface area contributed by atoms with Crippen LogP contribution in [0.4, 0.5) is 0 Å². The third-order valence-electron chi connectivity index (χ3n) is 2.85. The summed E-state index contributed by atoms with van der Waals surface area (Å²) in [6, 6.07) is 0.393. The van der Waals surface area contributed by atoms with Crippen LogP contribution in [0.25, 0.3) is 11.2 Å². The first-order chi connectivity index (χ1) is 9.13. The first-order valence-corrected chi connectivity index (χ1v) is 6.95. The van der Waals surface area contributed by atoms with Gasteiger partial charge in [0.1, 0.15) is 5.52 Å². The molecule has 0 saturated carbocycles. The molecule has 106 valence electrons. The average Bonchev–Trinajstić information content (AvgIpc) is 2.76. The second-order valence-corrected chi connectivity index (χ2v) is 4.58. The van der Waals surface area contributed by atoms with E-state index in [4.69, 9.17) is 4.74 Å². The Morgan fingerprint density at radius 3 is 2.58 bits per heavy atom. The van der Waals surface area contributed by atoms with Crippen LogP contribution in [0.1, 0.15) is 45.0 Å². The molecule has 0 atom stereocenters. The summed E-state index contributed by atoms with van der Waals surface area (Å²) in [6.45, 7) is 11.0. The number of ether oxygens (including phenoxy) is 1. The van der Waals surface area contributed by atoms with Crippen LogP contribution < -0.4 is 0 Å². The highest BCUT2D eigenvalue weighted by Crippen LogP contribution is 2.22. The molecule has 0 N–H and O–H groups in total. The Morgan fingerprint density at radius 2 is 2.00 bits per heavy atom. The molecule has 0 fully saturated rings. The third-order valence-corrected chi connectivity index (χ3v) is 2.85. The van der Waals surface area contributed by atoms with Gasteiger partial charge in [-0.2, -0.15) is 0 Å². The lowest BCUT2D eigenvalue weighted by atomic mass is 10.2. The zero-order valence-corrected chi connectivity index (χ0v) is 12.9. The molecule has 0 aliphatic carbocycles. The topological polar surface area (TPSA) is 39.9 Å².